The zero-order valence-corrected chi connectivity index (χ0v) is 14.5. The summed E-state index contributed by atoms with van der Waals surface area (Å²) in [5, 5.41) is 11.0. The van der Waals surface area contributed by atoms with E-state index in [0.717, 1.165) is 0 Å². The molecule has 0 atom stereocenters. The molecule has 2 nitrogen and oxygen atoms in total. The first kappa shape index (κ1) is 16.7. The van der Waals surface area contributed by atoms with Crippen molar-refractivity contribution in [2.24, 2.45) is 0 Å². The first-order valence-corrected chi connectivity index (χ1v) is 8.14. The second-order valence-corrected chi connectivity index (χ2v) is 6.23. The molecule has 0 spiro atoms. The van der Waals surface area contributed by atoms with Gasteiger partial charge in [-0.2, -0.15) is 5.26 Å². The van der Waals surface area contributed by atoms with Gasteiger partial charge in [0, 0.05) is 21.2 Å². The number of benzene rings is 2. The van der Waals surface area contributed by atoms with Crippen LogP contribution in [-0.2, 0) is 0 Å². The maximum absolute atomic E-state index is 9.41. The van der Waals surface area contributed by atoms with Crippen LogP contribution in [0.25, 0.3) is 23.0 Å². The number of allylic oxidation sites excluding steroid dienone is 1. The molecule has 0 aliphatic rings. The Bertz CT molecular complexity index is 967. The van der Waals surface area contributed by atoms with Gasteiger partial charge >= 0.3 is 0 Å². The number of rotatable bonds is 3. The van der Waals surface area contributed by atoms with E-state index in [-0.39, 0.29) is 0 Å². The molecule has 0 amide bonds. The average molecular weight is 375 g/mol. The van der Waals surface area contributed by atoms with Crippen LogP contribution >= 0.6 is 34.8 Å². The van der Waals surface area contributed by atoms with E-state index in [2.05, 4.69) is 6.07 Å². The van der Waals surface area contributed by atoms with Crippen LogP contribution in [0.15, 0.2) is 59.0 Å². The third-order valence-corrected chi connectivity index (χ3v) is 4.29. The Balaban J connectivity index is 2.00. The molecule has 3 rings (SSSR count). The number of nitrogens with zero attached hydrogens (tertiary/aromatic N) is 1. The molecule has 0 aliphatic heterocycles. The van der Waals surface area contributed by atoms with Gasteiger partial charge in [0.25, 0.3) is 0 Å². The highest BCUT2D eigenvalue weighted by Gasteiger charge is 2.11. The SMILES string of the molecule is N#CC(=Cc1ccc(-c2cc(Cl)ccc2Cl)o1)c1ccccc1Cl. The largest absolute Gasteiger partial charge is 0.457 e. The van der Waals surface area contributed by atoms with Crippen molar-refractivity contribution in [2.45, 2.75) is 0 Å². The molecule has 0 unspecified atom stereocenters. The minimum atomic E-state index is 0.415. The van der Waals surface area contributed by atoms with Gasteiger partial charge in [0.1, 0.15) is 11.5 Å². The van der Waals surface area contributed by atoms with E-state index in [1.807, 2.05) is 12.1 Å². The van der Waals surface area contributed by atoms with E-state index >= 15 is 0 Å². The monoisotopic (exact) mass is 373 g/mol. The predicted octanol–water partition coefficient (Wildman–Crippen LogP) is 6.97. The molecular formula is C19H10Cl3NO. The van der Waals surface area contributed by atoms with Crippen LogP contribution in [0.4, 0.5) is 0 Å². The van der Waals surface area contributed by atoms with Gasteiger partial charge in [0.2, 0.25) is 0 Å². The molecule has 1 heterocycles. The minimum Gasteiger partial charge on any atom is -0.457 e. The zero-order chi connectivity index (χ0) is 17.1. The number of furan rings is 1. The van der Waals surface area contributed by atoms with E-state index in [4.69, 9.17) is 39.2 Å². The molecule has 0 fully saturated rings. The van der Waals surface area contributed by atoms with Gasteiger partial charge in [-0.3, -0.25) is 0 Å². The second kappa shape index (κ2) is 7.15. The maximum Gasteiger partial charge on any atom is 0.136 e. The maximum atomic E-state index is 9.41. The van der Waals surface area contributed by atoms with Gasteiger partial charge in [-0.25, -0.2) is 0 Å². The van der Waals surface area contributed by atoms with Crippen LogP contribution in [0.2, 0.25) is 15.1 Å². The summed E-state index contributed by atoms with van der Waals surface area (Å²) in [7, 11) is 0. The Morgan fingerprint density at radius 3 is 2.50 bits per heavy atom. The molecule has 1 aromatic heterocycles. The normalized spacial score (nSPS) is 11.3. The van der Waals surface area contributed by atoms with Gasteiger partial charge < -0.3 is 4.42 Å². The van der Waals surface area contributed by atoms with Gasteiger partial charge in [-0.05, 0) is 42.5 Å². The number of hydrogen-bond donors (Lipinski definition) is 0. The molecule has 2 aromatic carbocycles. The molecule has 0 N–H and O–H groups in total. The Morgan fingerprint density at radius 1 is 0.958 bits per heavy atom. The fourth-order valence-corrected chi connectivity index (χ4v) is 2.87. The van der Waals surface area contributed by atoms with Crippen LogP contribution in [0.1, 0.15) is 11.3 Å². The molecule has 5 heteroatoms. The lowest BCUT2D eigenvalue weighted by Gasteiger charge is -2.02. The van der Waals surface area contributed by atoms with Crippen LogP contribution < -0.4 is 0 Å². The second-order valence-electron chi connectivity index (χ2n) is 4.98. The molecule has 24 heavy (non-hydrogen) atoms. The van der Waals surface area contributed by atoms with Crippen LogP contribution in [0, 0.1) is 11.3 Å². The molecule has 0 aliphatic carbocycles. The van der Waals surface area contributed by atoms with Crippen molar-refractivity contribution < 1.29 is 4.42 Å². The standard InChI is InChI=1S/C19H10Cl3NO/c20-13-5-7-18(22)16(10-13)19-8-6-14(24-19)9-12(11-23)15-3-1-2-4-17(15)21/h1-10H. The van der Waals surface area contributed by atoms with Gasteiger partial charge in [-0.1, -0.05) is 53.0 Å². The average Bonchev–Trinajstić information content (AvgIpc) is 3.04. The van der Waals surface area contributed by atoms with Gasteiger partial charge in [0.15, 0.2) is 0 Å². The zero-order valence-electron chi connectivity index (χ0n) is 12.3. The van der Waals surface area contributed by atoms with Crippen molar-refractivity contribution in [1.82, 2.24) is 0 Å². The first-order valence-electron chi connectivity index (χ1n) is 7.00. The summed E-state index contributed by atoms with van der Waals surface area (Å²) in [6.45, 7) is 0. The Morgan fingerprint density at radius 2 is 1.75 bits per heavy atom. The Hall–Kier alpha value is -2.18. The molecule has 0 saturated carbocycles. The quantitative estimate of drug-likeness (QED) is 0.464. The molecule has 118 valence electrons. The van der Waals surface area contributed by atoms with E-state index in [1.54, 1.807) is 48.5 Å². The topological polar surface area (TPSA) is 36.9 Å². The number of halogens is 3. The fourth-order valence-electron chi connectivity index (χ4n) is 2.25. The van der Waals surface area contributed by atoms with Crippen molar-refractivity contribution in [3.05, 3.63) is 81.0 Å². The molecule has 0 bridgehead atoms. The van der Waals surface area contributed by atoms with Crippen molar-refractivity contribution >= 4 is 46.5 Å². The van der Waals surface area contributed by atoms with Crippen LogP contribution in [0.3, 0.4) is 0 Å². The highest BCUT2D eigenvalue weighted by atomic mass is 35.5. The Labute approximate surface area is 154 Å². The molecule has 0 saturated heterocycles. The van der Waals surface area contributed by atoms with E-state index < -0.39 is 0 Å². The third-order valence-electron chi connectivity index (χ3n) is 3.39. The Kier molecular flexibility index (Phi) is 4.97. The van der Waals surface area contributed by atoms with Crippen LogP contribution in [-0.4, -0.2) is 0 Å². The number of hydrogen-bond acceptors (Lipinski definition) is 2. The van der Waals surface area contributed by atoms with E-state index in [0.29, 0.717) is 43.3 Å². The summed E-state index contributed by atoms with van der Waals surface area (Å²) >= 11 is 18.3. The summed E-state index contributed by atoms with van der Waals surface area (Å²) in [5.41, 5.74) is 1.76. The molecular weight excluding hydrogens is 365 g/mol. The summed E-state index contributed by atoms with van der Waals surface area (Å²) in [6.07, 6.45) is 1.64. The summed E-state index contributed by atoms with van der Waals surface area (Å²) < 4.78 is 5.79. The minimum absolute atomic E-state index is 0.415. The highest BCUT2D eigenvalue weighted by Crippen LogP contribution is 2.33. The van der Waals surface area contributed by atoms with E-state index in [9.17, 15) is 5.26 Å². The van der Waals surface area contributed by atoms with Crippen molar-refractivity contribution in [3.8, 4) is 17.4 Å². The summed E-state index contributed by atoms with van der Waals surface area (Å²) in [6, 6.07) is 18.0. The summed E-state index contributed by atoms with van der Waals surface area (Å²) in [4.78, 5) is 0. The van der Waals surface area contributed by atoms with Crippen molar-refractivity contribution in [1.29, 1.82) is 5.26 Å². The third kappa shape index (κ3) is 3.49. The highest BCUT2D eigenvalue weighted by molar-refractivity contribution is 6.35. The van der Waals surface area contributed by atoms with Crippen LogP contribution in [0.5, 0.6) is 0 Å². The lowest BCUT2D eigenvalue weighted by Crippen LogP contribution is -1.82. The van der Waals surface area contributed by atoms with Gasteiger partial charge in [-0.15, -0.1) is 0 Å². The van der Waals surface area contributed by atoms with E-state index in [1.165, 1.54) is 0 Å². The van der Waals surface area contributed by atoms with Crippen molar-refractivity contribution in [3.63, 3.8) is 0 Å². The number of nitriles is 1. The molecule has 3 aromatic rings. The predicted molar refractivity (Wildman–Crippen MR) is 99.1 cm³/mol. The fraction of sp³-hybridized carbons (Fsp3) is 0. The first-order chi connectivity index (χ1) is 11.6. The summed E-state index contributed by atoms with van der Waals surface area (Å²) in [5.74, 6) is 1.10. The smallest absolute Gasteiger partial charge is 0.136 e. The molecule has 0 radical (unpaired) electrons. The lowest BCUT2D eigenvalue weighted by molar-refractivity contribution is 0.572. The van der Waals surface area contributed by atoms with Crippen molar-refractivity contribution in [2.75, 3.05) is 0 Å². The van der Waals surface area contributed by atoms with Gasteiger partial charge in [0.05, 0.1) is 16.7 Å². The lowest BCUT2D eigenvalue weighted by atomic mass is 10.1.